The third-order valence-electron chi connectivity index (χ3n) is 5.83. The maximum absolute atomic E-state index is 13.1. The number of hydrogen-bond donors (Lipinski definition) is 2. The van der Waals surface area contributed by atoms with Gasteiger partial charge in [0.1, 0.15) is 0 Å². The van der Waals surface area contributed by atoms with Crippen LogP contribution < -0.4 is 14.8 Å². The third kappa shape index (κ3) is 4.03. The minimum atomic E-state index is -0.215. The zero-order valence-corrected chi connectivity index (χ0v) is 17.6. The van der Waals surface area contributed by atoms with Crippen LogP contribution in [-0.4, -0.2) is 46.8 Å². The fourth-order valence-electron chi connectivity index (χ4n) is 4.09. The predicted molar refractivity (Wildman–Crippen MR) is 117 cm³/mol. The Morgan fingerprint density at radius 1 is 1.09 bits per heavy atom. The first-order valence-electron chi connectivity index (χ1n) is 10.8. The monoisotopic (exact) mass is 432 g/mol. The largest absolute Gasteiger partial charge is 0.454 e. The lowest BCUT2D eigenvalue weighted by Crippen LogP contribution is -2.37. The second-order valence-corrected chi connectivity index (χ2v) is 7.92. The minimum absolute atomic E-state index is 0.107. The van der Waals surface area contributed by atoms with Gasteiger partial charge in [-0.3, -0.25) is 14.7 Å². The molecule has 2 N–H and O–H groups in total. The molecule has 164 valence electrons. The number of H-pyrrole nitrogens is 1. The number of nitrogens with zero attached hydrogens (tertiary/aromatic N) is 2. The van der Waals surface area contributed by atoms with Crippen molar-refractivity contribution in [2.45, 2.75) is 25.8 Å². The van der Waals surface area contributed by atoms with Crippen molar-refractivity contribution in [3.8, 4) is 11.5 Å². The molecule has 0 atom stereocenters. The normalized spacial score (nSPS) is 14.2. The third-order valence-corrected chi connectivity index (χ3v) is 5.83. The first-order chi connectivity index (χ1) is 15.7. The highest BCUT2D eigenvalue weighted by atomic mass is 16.7. The van der Waals surface area contributed by atoms with E-state index in [4.69, 9.17) is 9.47 Å². The molecule has 2 amide bonds. The van der Waals surface area contributed by atoms with Gasteiger partial charge in [0.15, 0.2) is 17.2 Å². The van der Waals surface area contributed by atoms with Crippen LogP contribution in [0.1, 0.15) is 44.1 Å². The highest BCUT2D eigenvalue weighted by molar-refractivity contribution is 5.96. The number of hydrogen-bond acceptors (Lipinski definition) is 5. The second-order valence-electron chi connectivity index (χ2n) is 7.92. The summed E-state index contributed by atoms with van der Waals surface area (Å²) in [5.41, 5.74) is 3.84. The Balaban J connectivity index is 1.21. The first-order valence-corrected chi connectivity index (χ1v) is 10.8. The van der Waals surface area contributed by atoms with Gasteiger partial charge in [0.25, 0.3) is 11.8 Å². The number of aryl methyl sites for hydroxylation is 1. The lowest BCUT2D eigenvalue weighted by Gasteiger charge is -2.27. The van der Waals surface area contributed by atoms with E-state index in [0.29, 0.717) is 48.8 Å². The Morgan fingerprint density at radius 2 is 1.94 bits per heavy atom. The predicted octanol–water partition coefficient (Wildman–Crippen LogP) is 2.70. The molecular formula is C24H24N4O4. The van der Waals surface area contributed by atoms with E-state index in [1.54, 1.807) is 23.1 Å². The summed E-state index contributed by atoms with van der Waals surface area (Å²) in [7, 11) is 0. The topological polar surface area (TPSA) is 96.6 Å². The van der Waals surface area contributed by atoms with Crippen LogP contribution in [0, 0.1) is 0 Å². The zero-order valence-electron chi connectivity index (χ0n) is 17.6. The number of nitrogens with one attached hydrogen (secondary N) is 2. The van der Waals surface area contributed by atoms with Crippen molar-refractivity contribution in [3.63, 3.8) is 0 Å². The summed E-state index contributed by atoms with van der Waals surface area (Å²) in [6.45, 7) is 1.63. The van der Waals surface area contributed by atoms with Gasteiger partial charge in [-0.1, -0.05) is 30.3 Å². The van der Waals surface area contributed by atoms with E-state index in [2.05, 4.69) is 27.6 Å². The van der Waals surface area contributed by atoms with Crippen LogP contribution in [0.3, 0.4) is 0 Å². The van der Waals surface area contributed by atoms with Gasteiger partial charge in [0.2, 0.25) is 6.79 Å². The molecule has 3 aromatic rings. The molecule has 0 bridgehead atoms. The van der Waals surface area contributed by atoms with Gasteiger partial charge in [0, 0.05) is 36.3 Å². The fraction of sp³-hybridized carbons (Fsp3) is 0.292. The Kier molecular flexibility index (Phi) is 5.49. The lowest BCUT2D eigenvalue weighted by atomic mass is 10.0. The van der Waals surface area contributed by atoms with Crippen molar-refractivity contribution in [2.75, 3.05) is 19.9 Å². The molecule has 0 fully saturated rings. The summed E-state index contributed by atoms with van der Waals surface area (Å²) in [6, 6.07) is 15.4. The summed E-state index contributed by atoms with van der Waals surface area (Å²) in [5.74, 6) is 0.897. The number of carbonyl (C=O) groups is 2. The molecule has 0 saturated heterocycles. The Labute approximate surface area is 185 Å². The van der Waals surface area contributed by atoms with Gasteiger partial charge in [0.05, 0.1) is 6.54 Å². The molecule has 0 unspecified atom stereocenters. The number of benzene rings is 2. The van der Waals surface area contributed by atoms with Crippen molar-refractivity contribution >= 4 is 11.8 Å². The fourth-order valence-corrected chi connectivity index (χ4v) is 4.09. The minimum Gasteiger partial charge on any atom is -0.454 e. The highest BCUT2D eigenvalue weighted by Crippen LogP contribution is 2.33. The van der Waals surface area contributed by atoms with E-state index in [0.717, 1.165) is 24.1 Å². The molecular weight excluding hydrogens is 408 g/mol. The van der Waals surface area contributed by atoms with Crippen molar-refractivity contribution in [1.29, 1.82) is 0 Å². The molecule has 0 radical (unpaired) electrons. The number of aromatic amines is 1. The molecule has 3 heterocycles. The van der Waals surface area contributed by atoms with E-state index in [9.17, 15) is 9.59 Å². The molecule has 0 spiro atoms. The van der Waals surface area contributed by atoms with Crippen molar-refractivity contribution in [3.05, 3.63) is 76.6 Å². The van der Waals surface area contributed by atoms with Crippen LogP contribution in [-0.2, 0) is 19.4 Å². The smallest absolute Gasteiger partial charge is 0.272 e. The standard InChI is InChI=1S/C24H24N4O4/c29-23(25-11-4-7-16-5-2-1-3-6-16)22-18-14-28(12-10-19(18)26-27-22)24(30)17-8-9-20-21(13-17)32-15-31-20/h1-3,5-6,8-9,13H,4,7,10-12,14-15H2,(H,25,29)(H,26,27). The maximum Gasteiger partial charge on any atom is 0.272 e. The van der Waals surface area contributed by atoms with E-state index in [1.807, 2.05) is 18.2 Å². The van der Waals surface area contributed by atoms with Crippen LogP contribution in [0.2, 0.25) is 0 Å². The van der Waals surface area contributed by atoms with E-state index in [-0.39, 0.29) is 18.6 Å². The van der Waals surface area contributed by atoms with Crippen molar-refractivity contribution in [1.82, 2.24) is 20.4 Å². The molecule has 0 saturated carbocycles. The van der Waals surface area contributed by atoms with Gasteiger partial charge >= 0.3 is 0 Å². The molecule has 8 heteroatoms. The summed E-state index contributed by atoms with van der Waals surface area (Å²) in [4.78, 5) is 27.5. The van der Waals surface area contributed by atoms with Crippen LogP contribution in [0.25, 0.3) is 0 Å². The summed E-state index contributed by atoms with van der Waals surface area (Å²) >= 11 is 0. The molecule has 0 aliphatic carbocycles. The molecule has 2 aliphatic rings. The number of carbonyl (C=O) groups excluding carboxylic acids is 2. The second kappa shape index (κ2) is 8.74. The van der Waals surface area contributed by atoms with Gasteiger partial charge in [-0.15, -0.1) is 0 Å². The van der Waals surface area contributed by atoms with Crippen molar-refractivity contribution < 1.29 is 19.1 Å². The quantitative estimate of drug-likeness (QED) is 0.584. The summed E-state index contributed by atoms with van der Waals surface area (Å²) in [6.07, 6.45) is 2.37. The number of fused-ring (bicyclic) bond motifs is 2. The molecule has 5 rings (SSSR count). The van der Waals surface area contributed by atoms with Gasteiger partial charge in [-0.2, -0.15) is 5.10 Å². The van der Waals surface area contributed by atoms with E-state index in [1.165, 1.54) is 5.56 Å². The highest BCUT2D eigenvalue weighted by Gasteiger charge is 2.29. The van der Waals surface area contributed by atoms with Gasteiger partial charge in [-0.25, -0.2) is 0 Å². The Bertz CT molecular complexity index is 1140. The lowest BCUT2D eigenvalue weighted by molar-refractivity contribution is 0.0731. The van der Waals surface area contributed by atoms with E-state index >= 15 is 0 Å². The average molecular weight is 432 g/mol. The van der Waals surface area contributed by atoms with Crippen LogP contribution in [0.15, 0.2) is 48.5 Å². The van der Waals surface area contributed by atoms with Gasteiger partial charge < -0.3 is 19.7 Å². The zero-order chi connectivity index (χ0) is 21.9. The van der Waals surface area contributed by atoms with Crippen LogP contribution in [0.4, 0.5) is 0 Å². The number of rotatable bonds is 6. The molecule has 8 nitrogen and oxygen atoms in total. The molecule has 32 heavy (non-hydrogen) atoms. The van der Waals surface area contributed by atoms with Crippen LogP contribution >= 0.6 is 0 Å². The molecule has 1 aromatic heterocycles. The van der Waals surface area contributed by atoms with Crippen molar-refractivity contribution in [2.24, 2.45) is 0 Å². The summed E-state index contributed by atoms with van der Waals surface area (Å²) < 4.78 is 10.7. The first kappa shape index (κ1) is 20.1. The number of amides is 2. The SMILES string of the molecule is O=C(NCCCc1ccccc1)c1n[nH]c2c1CN(C(=O)c1ccc3c(c1)OCO3)CC2. The molecule has 2 aromatic carbocycles. The Hall–Kier alpha value is -3.81. The van der Waals surface area contributed by atoms with E-state index < -0.39 is 0 Å². The molecule has 2 aliphatic heterocycles. The average Bonchev–Trinajstić information content (AvgIpc) is 3.48. The summed E-state index contributed by atoms with van der Waals surface area (Å²) in [5, 5.41) is 10.2. The number of ether oxygens (including phenoxy) is 2. The van der Waals surface area contributed by atoms with Gasteiger partial charge in [-0.05, 0) is 36.6 Å². The van der Waals surface area contributed by atoms with Crippen LogP contribution in [0.5, 0.6) is 11.5 Å². The Morgan fingerprint density at radius 3 is 2.81 bits per heavy atom. The maximum atomic E-state index is 13.1. The number of aromatic nitrogens is 2.